The Morgan fingerprint density at radius 2 is 1.39 bits per heavy atom. The molecule has 1 aromatic heterocycles. The zero-order valence-electron chi connectivity index (χ0n) is 20.2. The van der Waals surface area contributed by atoms with E-state index in [4.69, 9.17) is 4.98 Å². The summed E-state index contributed by atoms with van der Waals surface area (Å²) in [7, 11) is 4.17. The number of unbranched alkanes of at least 4 members (excludes halogenated alkanes) is 3. The van der Waals surface area contributed by atoms with E-state index in [1.54, 1.807) is 3.58 Å². The summed E-state index contributed by atoms with van der Waals surface area (Å²) in [5.41, 5.74) is 3.63. The summed E-state index contributed by atoms with van der Waals surface area (Å²) in [6.07, 6.45) is 8.21. The maximum absolute atomic E-state index is 5.00. The van der Waals surface area contributed by atoms with Gasteiger partial charge < -0.3 is 0 Å². The first-order valence-electron chi connectivity index (χ1n) is 12.2. The van der Waals surface area contributed by atoms with Crippen LogP contribution in [0.3, 0.4) is 0 Å². The Kier molecular flexibility index (Phi) is 9.27. The molecular formula is C27H40N2SSn. The molecule has 3 aromatic rings. The number of fused-ring (bicyclic) bond motifs is 1. The van der Waals surface area contributed by atoms with Crippen molar-refractivity contribution in [2.24, 2.45) is 0 Å². The van der Waals surface area contributed by atoms with Gasteiger partial charge in [-0.05, 0) is 0 Å². The van der Waals surface area contributed by atoms with Crippen molar-refractivity contribution < 1.29 is 0 Å². The van der Waals surface area contributed by atoms with Crippen molar-refractivity contribution in [1.82, 2.24) is 4.98 Å². The Morgan fingerprint density at radius 1 is 0.806 bits per heavy atom. The molecule has 0 saturated carbocycles. The van der Waals surface area contributed by atoms with Gasteiger partial charge in [0.1, 0.15) is 0 Å². The van der Waals surface area contributed by atoms with E-state index in [0.717, 1.165) is 5.01 Å². The Labute approximate surface area is 198 Å². The fourth-order valence-corrected chi connectivity index (χ4v) is 21.9. The second kappa shape index (κ2) is 11.7. The summed E-state index contributed by atoms with van der Waals surface area (Å²) in [5.74, 6) is 0. The normalized spacial score (nSPS) is 11.9. The van der Waals surface area contributed by atoms with Gasteiger partial charge in [-0.2, -0.15) is 0 Å². The molecule has 0 aliphatic carbocycles. The van der Waals surface area contributed by atoms with Crippen LogP contribution >= 0.6 is 11.3 Å². The van der Waals surface area contributed by atoms with Crippen molar-refractivity contribution in [1.29, 1.82) is 0 Å². The summed E-state index contributed by atoms with van der Waals surface area (Å²) in [6, 6.07) is 16.2. The predicted molar refractivity (Wildman–Crippen MR) is 144 cm³/mol. The van der Waals surface area contributed by atoms with E-state index in [1.807, 2.05) is 11.3 Å². The molecule has 0 aliphatic rings. The zero-order valence-corrected chi connectivity index (χ0v) is 23.9. The number of anilines is 1. The minimum absolute atomic E-state index is 1.15. The van der Waals surface area contributed by atoms with E-state index in [9.17, 15) is 0 Å². The number of nitrogens with zero attached hydrogens (tertiary/aromatic N) is 2. The Morgan fingerprint density at radius 3 is 1.90 bits per heavy atom. The van der Waals surface area contributed by atoms with Crippen LogP contribution in [-0.2, 0) is 0 Å². The quantitative estimate of drug-likeness (QED) is 0.215. The molecule has 1 heterocycles. The van der Waals surface area contributed by atoms with Crippen molar-refractivity contribution in [3.63, 3.8) is 0 Å². The van der Waals surface area contributed by atoms with Gasteiger partial charge in [0.25, 0.3) is 0 Å². The molecule has 168 valence electrons. The van der Waals surface area contributed by atoms with Crippen molar-refractivity contribution >= 4 is 49.2 Å². The molecule has 0 aliphatic heterocycles. The van der Waals surface area contributed by atoms with Crippen LogP contribution < -0.4 is 8.48 Å². The molecule has 0 atom stereocenters. The summed E-state index contributed by atoms with van der Waals surface area (Å²) in [6.45, 7) is 7.07. The van der Waals surface area contributed by atoms with E-state index in [-0.39, 0.29) is 0 Å². The molecule has 0 bridgehead atoms. The van der Waals surface area contributed by atoms with Crippen molar-refractivity contribution in [2.75, 3.05) is 19.0 Å². The molecule has 2 aromatic carbocycles. The zero-order chi connectivity index (χ0) is 22.3. The maximum atomic E-state index is 5.00. The first kappa shape index (κ1) is 24.6. The first-order chi connectivity index (χ1) is 15.0. The second-order valence-electron chi connectivity index (χ2n) is 9.23. The molecule has 0 radical (unpaired) electrons. The van der Waals surface area contributed by atoms with Crippen LogP contribution in [0.5, 0.6) is 0 Å². The Balaban J connectivity index is 1.97. The summed E-state index contributed by atoms with van der Waals surface area (Å²) >= 11 is -0.513. The van der Waals surface area contributed by atoms with E-state index in [1.165, 1.54) is 73.3 Å². The molecule has 31 heavy (non-hydrogen) atoms. The Hall–Kier alpha value is -1.07. The average molecular weight is 543 g/mol. The van der Waals surface area contributed by atoms with E-state index in [2.05, 4.69) is 82.2 Å². The molecule has 0 saturated heterocycles. The topological polar surface area (TPSA) is 16.1 Å². The van der Waals surface area contributed by atoms with E-state index < -0.39 is 18.4 Å². The number of hydrogen-bond acceptors (Lipinski definition) is 3. The van der Waals surface area contributed by atoms with Gasteiger partial charge in [-0.3, -0.25) is 0 Å². The average Bonchev–Trinajstić information content (AvgIpc) is 3.22. The third kappa shape index (κ3) is 6.04. The van der Waals surface area contributed by atoms with E-state index in [0.29, 0.717) is 0 Å². The van der Waals surface area contributed by atoms with Crippen LogP contribution in [0.15, 0.2) is 42.5 Å². The van der Waals surface area contributed by atoms with Gasteiger partial charge in [0.05, 0.1) is 0 Å². The predicted octanol–water partition coefficient (Wildman–Crippen LogP) is 8.09. The minimum atomic E-state index is -2.39. The van der Waals surface area contributed by atoms with Gasteiger partial charge in [0, 0.05) is 0 Å². The van der Waals surface area contributed by atoms with Gasteiger partial charge in [-0.25, -0.2) is 0 Å². The fraction of sp³-hybridized carbons (Fsp3) is 0.519. The summed E-state index contributed by atoms with van der Waals surface area (Å²) in [5, 5.41) is 1.15. The van der Waals surface area contributed by atoms with Gasteiger partial charge in [0.2, 0.25) is 0 Å². The molecule has 0 spiro atoms. The van der Waals surface area contributed by atoms with Crippen LogP contribution in [0.25, 0.3) is 20.8 Å². The van der Waals surface area contributed by atoms with Gasteiger partial charge in [-0.15, -0.1) is 0 Å². The number of hydrogen-bond donors (Lipinski definition) is 0. The Bertz CT molecular complexity index is 924. The van der Waals surface area contributed by atoms with Gasteiger partial charge >= 0.3 is 199 Å². The van der Waals surface area contributed by atoms with Gasteiger partial charge in [0.15, 0.2) is 0 Å². The summed E-state index contributed by atoms with van der Waals surface area (Å²) < 4.78 is 7.71. The van der Waals surface area contributed by atoms with Gasteiger partial charge in [-0.1, -0.05) is 0 Å². The first-order valence-corrected chi connectivity index (χ1v) is 20.5. The summed E-state index contributed by atoms with van der Waals surface area (Å²) in [4.78, 5) is 7.14. The van der Waals surface area contributed by atoms with Crippen LogP contribution in [0.2, 0.25) is 13.3 Å². The monoisotopic (exact) mass is 544 g/mol. The number of benzene rings is 2. The number of rotatable bonds is 12. The molecule has 0 amide bonds. The third-order valence-corrected chi connectivity index (χ3v) is 23.3. The number of thiazole rings is 1. The fourth-order valence-electron chi connectivity index (χ4n) is 4.63. The van der Waals surface area contributed by atoms with Crippen molar-refractivity contribution in [3.05, 3.63) is 42.5 Å². The third-order valence-electron chi connectivity index (χ3n) is 6.66. The molecule has 4 heteroatoms. The molecule has 0 fully saturated rings. The molecule has 3 rings (SSSR count). The molecule has 2 nitrogen and oxygen atoms in total. The van der Waals surface area contributed by atoms with Crippen molar-refractivity contribution in [2.45, 2.75) is 72.6 Å². The van der Waals surface area contributed by atoms with Crippen LogP contribution in [-0.4, -0.2) is 37.5 Å². The van der Waals surface area contributed by atoms with Crippen molar-refractivity contribution in [3.8, 4) is 10.6 Å². The number of aromatic nitrogens is 1. The molecular weight excluding hydrogens is 503 g/mol. The molecule has 0 unspecified atom stereocenters. The van der Waals surface area contributed by atoms with Crippen LogP contribution in [0, 0.1) is 0 Å². The SMILES string of the molecule is CCC[CH2][Sn]([CH2]CCC)([CH2]CCC)[c]1ccc2nc(-c3ccc(N(C)C)cc3)sc2c1. The standard InChI is InChI=1S/C15H13N2S.3C4H9.Sn/c1-17(2)12-9-7-11(8-10-12)15-16-13-5-3-4-6-14(13)18-15;3*1-3-4-2;/h3,5-10H,1-2H3;3*1,3-4H2,2H3;. The second-order valence-corrected chi connectivity index (χ2v) is 23.5. The van der Waals surface area contributed by atoms with Crippen LogP contribution in [0.1, 0.15) is 59.3 Å². The van der Waals surface area contributed by atoms with E-state index >= 15 is 0 Å². The molecule has 0 N–H and O–H groups in total. The van der Waals surface area contributed by atoms with Crippen LogP contribution in [0.4, 0.5) is 5.69 Å².